The summed E-state index contributed by atoms with van der Waals surface area (Å²) in [6.45, 7) is 3.11. The topological polar surface area (TPSA) is 43.9 Å². The minimum atomic E-state index is -3.53. The summed E-state index contributed by atoms with van der Waals surface area (Å²) in [7, 11) is 2.70. The molecule has 0 saturated carbocycles. The molecule has 1 aromatic carbocycles. The van der Waals surface area contributed by atoms with Gasteiger partial charge in [0.1, 0.15) is 4.90 Å². The van der Waals surface area contributed by atoms with E-state index in [-0.39, 0.29) is 10.9 Å². The van der Waals surface area contributed by atoms with E-state index in [0.717, 1.165) is 32.4 Å². The normalized spacial score (nSPS) is 20.0. The Hall–Kier alpha value is -0.660. The van der Waals surface area contributed by atoms with E-state index in [1.807, 2.05) is 0 Å². The number of rotatable bonds is 7. The Bertz CT molecular complexity index is 636. The molecule has 1 aliphatic rings. The predicted molar refractivity (Wildman–Crippen MR) is 99.0 cm³/mol. The van der Waals surface area contributed by atoms with Crippen LogP contribution in [-0.4, -0.2) is 75.9 Å². The highest BCUT2D eigenvalue weighted by Gasteiger charge is 2.32. The maximum atomic E-state index is 12.9. The largest absolute Gasteiger partial charge is 0.309 e. The number of sulfonamides is 1. The molecular weight excluding hydrogens is 346 g/mol. The Morgan fingerprint density at radius 1 is 1.21 bits per heavy atom. The number of piperidine rings is 1. The van der Waals surface area contributed by atoms with Crippen LogP contribution >= 0.6 is 11.6 Å². The van der Waals surface area contributed by atoms with Crippen LogP contribution < -0.4 is 0 Å². The van der Waals surface area contributed by atoms with Gasteiger partial charge in [-0.15, -0.1) is 0 Å². The number of hydrogen-bond acceptors (Lipinski definition) is 4. The second-order valence-corrected chi connectivity index (χ2v) is 9.04. The van der Waals surface area contributed by atoms with Crippen molar-refractivity contribution in [1.82, 2.24) is 14.1 Å². The fourth-order valence-corrected chi connectivity index (χ4v) is 5.12. The Balaban J connectivity index is 2.03. The fraction of sp³-hybridized carbons (Fsp3) is 0.647. The maximum Gasteiger partial charge on any atom is 0.244 e. The third-order valence-corrected chi connectivity index (χ3v) is 6.92. The molecule has 1 fully saturated rings. The third kappa shape index (κ3) is 4.92. The molecule has 0 amide bonds. The van der Waals surface area contributed by atoms with E-state index in [0.29, 0.717) is 18.1 Å². The minimum Gasteiger partial charge on any atom is -0.309 e. The first-order valence-electron chi connectivity index (χ1n) is 8.42. The number of benzene rings is 1. The molecule has 1 aliphatic heterocycles. The van der Waals surface area contributed by atoms with Gasteiger partial charge >= 0.3 is 0 Å². The molecule has 5 nitrogen and oxygen atoms in total. The Morgan fingerprint density at radius 2 is 1.92 bits per heavy atom. The Kier molecular flexibility index (Phi) is 7.07. The van der Waals surface area contributed by atoms with Crippen LogP contribution in [0.1, 0.15) is 19.3 Å². The summed E-state index contributed by atoms with van der Waals surface area (Å²) < 4.78 is 27.4. The smallest absolute Gasteiger partial charge is 0.244 e. The molecular formula is C17H28ClN3O2S. The summed E-state index contributed by atoms with van der Waals surface area (Å²) in [4.78, 5) is 4.67. The van der Waals surface area contributed by atoms with Crippen molar-refractivity contribution in [3.8, 4) is 0 Å². The summed E-state index contributed by atoms with van der Waals surface area (Å²) in [6, 6.07) is 6.94. The van der Waals surface area contributed by atoms with Crippen molar-refractivity contribution in [2.24, 2.45) is 0 Å². The average molecular weight is 374 g/mol. The fourth-order valence-electron chi connectivity index (χ4n) is 3.11. The van der Waals surface area contributed by atoms with Crippen molar-refractivity contribution in [3.63, 3.8) is 0 Å². The van der Waals surface area contributed by atoms with E-state index >= 15 is 0 Å². The second-order valence-electron chi connectivity index (χ2n) is 6.73. The van der Waals surface area contributed by atoms with Gasteiger partial charge < -0.3 is 9.80 Å². The van der Waals surface area contributed by atoms with Gasteiger partial charge in [-0.2, -0.15) is 4.31 Å². The number of likely N-dealkylation sites (N-methyl/N-ethyl adjacent to an activating group) is 1. The van der Waals surface area contributed by atoms with E-state index in [9.17, 15) is 8.42 Å². The molecule has 136 valence electrons. The van der Waals surface area contributed by atoms with Crippen molar-refractivity contribution in [2.45, 2.75) is 30.2 Å². The maximum absolute atomic E-state index is 12.9. The number of nitrogens with zero attached hydrogens (tertiary/aromatic N) is 3. The lowest BCUT2D eigenvalue weighted by Crippen LogP contribution is -2.48. The molecule has 0 bridgehead atoms. The van der Waals surface area contributed by atoms with Crippen LogP contribution in [0.3, 0.4) is 0 Å². The SMILES string of the molecule is CN(C)CCCN(C)C1CCCN(S(=O)(=O)c2ccccc2Cl)C1. The molecule has 1 heterocycles. The molecule has 0 aromatic heterocycles. The van der Waals surface area contributed by atoms with E-state index in [1.54, 1.807) is 28.6 Å². The number of hydrogen-bond donors (Lipinski definition) is 0. The summed E-state index contributed by atoms with van der Waals surface area (Å²) in [5.41, 5.74) is 0. The van der Waals surface area contributed by atoms with Crippen molar-refractivity contribution < 1.29 is 8.42 Å². The molecule has 1 saturated heterocycles. The lowest BCUT2D eigenvalue weighted by atomic mass is 10.1. The van der Waals surface area contributed by atoms with Crippen molar-refractivity contribution in [2.75, 3.05) is 47.3 Å². The molecule has 2 rings (SSSR count). The zero-order valence-corrected chi connectivity index (χ0v) is 16.4. The third-order valence-electron chi connectivity index (χ3n) is 4.55. The summed E-state index contributed by atoms with van der Waals surface area (Å²) >= 11 is 6.10. The Labute approximate surface area is 151 Å². The van der Waals surface area contributed by atoms with Crippen molar-refractivity contribution in [1.29, 1.82) is 0 Å². The molecule has 0 aliphatic carbocycles. The summed E-state index contributed by atoms with van der Waals surface area (Å²) in [5.74, 6) is 0. The van der Waals surface area contributed by atoms with Crippen molar-refractivity contribution in [3.05, 3.63) is 29.3 Å². The first kappa shape index (κ1) is 19.7. The first-order chi connectivity index (χ1) is 11.3. The van der Waals surface area contributed by atoms with Gasteiger partial charge in [0.15, 0.2) is 0 Å². The van der Waals surface area contributed by atoms with Crippen LogP contribution in [0.25, 0.3) is 0 Å². The lowest BCUT2D eigenvalue weighted by Gasteiger charge is -2.37. The van der Waals surface area contributed by atoms with Gasteiger partial charge in [-0.3, -0.25) is 0 Å². The standard InChI is InChI=1S/C17H28ClN3O2S/c1-19(2)11-7-12-20(3)15-8-6-13-21(14-15)24(22,23)17-10-5-4-9-16(17)18/h4-5,9-10,15H,6-8,11-14H2,1-3H3. The lowest BCUT2D eigenvalue weighted by molar-refractivity contribution is 0.158. The van der Waals surface area contributed by atoms with Gasteiger partial charge in [0, 0.05) is 19.1 Å². The van der Waals surface area contributed by atoms with Crippen LogP contribution in [0.2, 0.25) is 5.02 Å². The molecule has 1 unspecified atom stereocenters. The van der Waals surface area contributed by atoms with Crippen LogP contribution in [0.5, 0.6) is 0 Å². The highest BCUT2D eigenvalue weighted by molar-refractivity contribution is 7.89. The van der Waals surface area contributed by atoms with Gasteiger partial charge in [-0.05, 0) is 65.6 Å². The van der Waals surface area contributed by atoms with Crippen LogP contribution in [0.4, 0.5) is 0 Å². The number of halogens is 1. The highest BCUT2D eigenvalue weighted by Crippen LogP contribution is 2.27. The molecule has 0 radical (unpaired) electrons. The monoisotopic (exact) mass is 373 g/mol. The van der Waals surface area contributed by atoms with E-state index in [1.165, 1.54) is 0 Å². The van der Waals surface area contributed by atoms with E-state index in [2.05, 4.69) is 30.9 Å². The van der Waals surface area contributed by atoms with Crippen LogP contribution in [-0.2, 0) is 10.0 Å². The quantitative estimate of drug-likeness (QED) is 0.736. The molecule has 7 heteroatoms. The molecule has 1 aromatic rings. The van der Waals surface area contributed by atoms with Gasteiger partial charge in [-0.1, -0.05) is 23.7 Å². The highest BCUT2D eigenvalue weighted by atomic mass is 35.5. The molecule has 0 N–H and O–H groups in total. The minimum absolute atomic E-state index is 0.211. The zero-order chi connectivity index (χ0) is 17.7. The van der Waals surface area contributed by atoms with Gasteiger partial charge in [0.2, 0.25) is 10.0 Å². The summed E-state index contributed by atoms with van der Waals surface area (Å²) in [5, 5.41) is 0.291. The van der Waals surface area contributed by atoms with E-state index < -0.39 is 10.0 Å². The van der Waals surface area contributed by atoms with Gasteiger partial charge in [0.25, 0.3) is 0 Å². The summed E-state index contributed by atoms with van der Waals surface area (Å²) in [6.07, 6.45) is 3.00. The average Bonchev–Trinajstić information content (AvgIpc) is 2.54. The van der Waals surface area contributed by atoms with Crippen molar-refractivity contribution >= 4 is 21.6 Å². The van der Waals surface area contributed by atoms with Gasteiger partial charge in [-0.25, -0.2) is 8.42 Å². The van der Waals surface area contributed by atoms with Gasteiger partial charge in [0.05, 0.1) is 5.02 Å². The molecule has 1 atom stereocenters. The zero-order valence-electron chi connectivity index (χ0n) is 14.8. The van der Waals surface area contributed by atoms with E-state index in [4.69, 9.17) is 11.6 Å². The first-order valence-corrected chi connectivity index (χ1v) is 10.2. The molecule has 24 heavy (non-hydrogen) atoms. The molecule has 0 spiro atoms. The van der Waals surface area contributed by atoms with Crippen LogP contribution in [0, 0.1) is 0 Å². The van der Waals surface area contributed by atoms with Crippen LogP contribution in [0.15, 0.2) is 29.2 Å². The Morgan fingerprint density at radius 3 is 2.58 bits per heavy atom. The predicted octanol–water partition coefficient (Wildman–Crippen LogP) is 2.38. The second kappa shape index (κ2) is 8.63.